The summed E-state index contributed by atoms with van der Waals surface area (Å²) in [4.78, 5) is 37.4. The number of ether oxygens (including phenoxy) is 3. The quantitative estimate of drug-likeness (QED) is 0.305. The Morgan fingerprint density at radius 1 is 1.23 bits per heavy atom. The third-order valence-corrected chi connectivity index (χ3v) is 13.0. The van der Waals surface area contributed by atoms with Crippen molar-refractivity contribution in [1.82, 2.24) is 0 Å². The van der Waals surface area contributed by atoms with Crippen molar-refractivity contribution in [2.24, 2.45) is 28.6 Å². The van der Waals surface area contributed by atoms with Crippen LogP contribution in [0, 0.1) is 28.6 Å². The van der Waals surface area contributed by atoms with Crippen LogP contribution in [-0.4, -0.2) is 68.4 Å². The molecule has 0 bridgehead atoms. The van der Waals surface area contributed by atoms with Crippen molar-refractivity contribution in [1.29, 1.82) is 0 Å². The van der Waals surface area contributed by atoms with E-state index in [0.29, 0.717) is 31.3 Å². The molecule has 1 saturated heterocycles. The molecule has 4 aliphatic carbocycles. The Balaban J connectivity index is 1.45. The summed E-state index contributed by atoms with van der Waals surface area (Å²) in [5, 5.41) is 24.4. The SMILES string of the molecule is CC(=O)OC1C2OC2(C(C)C2CC(C)=C(C)C(=O)O2)C2(C)CCC3C(CC(O)C4(Cl)CC=CC(=O)C34C)C12O. The summed E-state index contributed by atoms with van der Waals surface area (Å²) in [7, 11) is 0. The van der Waals surface area contributed by atoms with Crippen LogP contribution in [-0.2, 0) is 28.6 Å². The van der Waals surface area contributed by atoms with E-state index in [0.717, 1.165) is 5.57 Å². The number of alkyl halides is 1. The highest BCUT2D eigenvalue weighted by Crippen LogP contribution is 2.78. The Kier molecular flexibility index (Phi) is 5.75. The first-order valence-electron chi connectivity index (χ1n) is 14.1. The molecule has 0 aromatic rings. The van der Waals surface area contributed by atoms with E-state index < -0.39 is 63.2 Å². The molecule has 6 rings (SSSR count). The van der Waals surface area contributed by atoms with Gasteiger partial charge in [-0.05, 0) is 57.4 Å². The molecule has 12 atom stereocenters. The molecule has 9 heteroatoms. The number of hydrogen-bond acceptors (Lipinski definition) is 8. The van der Waals surface area contributed by atoms with E-state index in [9.17, 15) is 24.6 Å². The summed E-state index contributed by atoms with van der Waals surface area (Å²) in [5.41, 5.74) is -2.95. The van der Waals surface area contributed by atoms with Gasteiger partial charge in [0.25, 0.3) is 0 Å². The first-order chi connectivity index (χ1) is 18.1. The van der Waals surface area contributed by atoms with Gasteiger partial charge in [-0.3, -0.25) is 9.59 Å². The smallest absolute Gasteiger partial charge is 0.333 e. The Bertz CT molecular complexity index is 1230. The maximum Gasteiger partial charge on any atom is 0.333 e. The van der Waals surface area contributed by atoms with Gasteiger partial charge in [-0.2, -0.15) is 0 Å². The Hall–Kier alpha value is -1.74. The number of aliphatic hydroxyl groups is 2. The van der Waals surface area contributed by atoms with Crippen LogP contribution in [0.25, 0.3) is 0 Å². The molecule has 214 valence electrons. The maximum atomic E-state index is 13.5. The van der Waals surface area contributed by atoms with Gasteiger partial charge >= 0.3 is 11.9 Å². The van der Waals surface area contributed by atoms with Crippen molar-refractivity contribution < 1.29 is 38.8 Å². The van der Waals surface area contributed by atoms with Gasteiger partial charge < -0.3 is 24.4 Å². The highest BCUT2D eigenvalue weighted by Gasteiger charge is 2.90. The van der Waals surface area contributed by atoms with Gasteiger partial charge in [0.15, 0.2) is 11.9 Å². The topological polar surface area (TPSA) is 123 Å². The number of rotatable bonds is 3. The highest BCUT2D eigenvalue weighted by molar-refractivity contribution is 6.28. The molecule has 2 N–H and O–H groups in total. The lowest BCUT2D eigenvalue weighted by atomic mass is 9.42. The van der Waals surface area contributed by atoms with Gasteiger partial charge in [0.05, 0.1) is 16.4 Å². The van der Waals surface area contributed by atoms with Gasteiger partial charge in [0.2, 0.25) is 0 Å². The predicted octanol–water partition coefficient (Wildman–Crippen LogP) is 3.40. The number of ketones is 1. The number of carbonyl (C=O) groups excluding carboxylic acids is 3. The van der Waals surface area contributed by atoms with Crippen molar-refractivity contribution in [3.63, 3.8) is 0 Å². The molecule has 0 aromatic heterocycles. The molecule has 0 amide bonds. The summed E-state index contributed by atoms with van der Waals surface area (Å²) < 4.78 is 18.2. The summed E-state index contributed by atoms with van der Waals surface area (Å²) >= 11 is 7.12. The van der Waals surface area contributed by atoms with Gasteiger partial charge in [0, 0.05) is 30.3 Å². The molecule has 6 aliphatic rings. The van der Waals surface area contributed by atoms with Crippen LogP contribution in [0.5, 0.6) is 0 Å². The molecule has 2 aliphatic heterocycles. The first-order valence-corrected chi connectivity index (χ1v) is 14.5. The summed E-state index contributed by atoms with van der Waals surface area (Å²) in [5.74, 6) is -2.25. The van der Waals surface area contributed by atoms with E-state index in [2.05, 4.69) is 0 Å². The molecule has 39 heavy (non-hydrogen) atoms. The average molecular weight is 563 g/mol. The third-order valence-electron chi connectivity index (χ3n) is 12.2. The van der Waals surface area contributed by atoms with Crippen molar-refractivity contribution >= 4 is 29.3 Å². The number of allylic oxidation sites excluding steroid dienone is 2. The second kappa shape index (κ2) is 8.17. The van der Waals surface area contributed by atoms with Crippen molar-refractivity contribution in [2.45, 2.75) is 114 Å². The lowest BCUT2D eigenvalue weighted by Crippen LogP contribution is -2.74. The van der Waals surface area contributed by atoms with Gasteiger partial charge in [-0.15, -0.1) is 11.6 Å². The molecule has 0 spiro atoms. The largest absolute Gasteiger partial charge is 0.458 e. The molecular weight excluding hydrogens is 524 g/mol. The molecule has 0 radical (unpaired) electrons. The van der Waals surface area contributed by atoms with Crippen LogP contribution in [0.2, 0.25) is 0 Å². The fraction of sp³-hybridized carbons (Fsp3) is 0.767. The van der Waals surface area contributed by atoms with Crippen molar-refractivity contribution in [3.8, 4) is 0 Å². The zero-order chi connectivity index (χ0) is 28.5. The normalized spacial score (nSPS) is 52.7. The number of carbonyl (C=O) groups is 3. The van der Waals surface area contributed by atoms with Gasteiger partial charge in [-0.1, -0.05) is 32.4 Å². The van der Waals surface area contributed by atoms with E-state index in [-0.39, 0.29) is 30.0 Å². The maximum absolute atomic E-state index is 13.5. The zero-order valence-electron chi connectivity index (χ0n) is 23.5. The Labute approximate surface area is 234 Å². The Morgan fingerprint density at radius 3 is 2.56 bits per heavy atom. The van der Waals surface area contributed by atoms with Gasteiger partial charge in [0.1, 0.15) is 23.4 Å². The number of hydrogen-bond donors (Lipinski definition) is 2. The lowest BCUT2D eigenvalue weighted by Gasteiger charge is -2.66. The van der Waals surface area contributed by atoms with Crippen LogP contribution >= 0.6 is 11.6 Å². The summed E-state index contributed by atoms with van der Waals surface area (Å²) in [6.45, 7) is 10.8. The second-order valence-electron chi connectivity index (χ2n) is 13.4. The van der Waals surface area contributed by atoms with E-state index in [1.807, 2.05) is 27.7 Å². The average Bonchev–Trinajstić information content (AvgIpc) is 3.59. The standard InChI is InChI=1S/C30H39ClO8/c1-14-12-20(38-25(35)15(14)2)16(3)30-24(39-30)23(37-17(4)32)29(36)19-13-22(34)28(31)10-7-8-21(33)27(28,6)18(19)9-11-26(29,30)5/h7-8,16,18-20,22-24,34,36H,9-13H2,1-6H3. The predicted molar refractivity (Wildman–Crippen MR) is 141 cm³/mol. The van der Waals surface area contributed by atoms with Crippen LogP contribution in [0.4, 0.5) is 0 Å². The number of aliphatic hydroxyl groups excluding tert-OH is 1. The monoisotopic (exact) mass is 562 g/mol. The number of fused-ring (bicyclic) bond motifs is 7. The second-order valence-corrected chi connectivity index (χ2v) is 14.1. The van der Waals surface area contributed by atoms with E-state index in [4.69, 9.17) is 25.8 Å². The fourth-order valence-corrected chi connectivity index (χ4v) is 10.2. The molecule has 0 aromatic carbocycles. The number of epoxide rings is 1. The van der Waals surface area contributed by atoms with Crippen LogP contribution in [0.15, 0.2) is 23.3 Å². The van der Waals surface area contributed by atoms with Crippen molar-refractivity contribution in [2.75, 3.05) is 0 Å². The van der Waals surface area contributed by atoms with Crippen molar-refractivity contribution in [3.05, 3.63) is 23.3 Å². The molecule has 3 saturated carbocycles. The molecular formula is C30H39ClO8. The fourth-order valence-electron chi connectivity index (χ4n) is 9.75. The van der Waals surface area contributed by atoms with Crippen LogP contribution < -0.4 is 0 Å². The Morgan fingerprint density at radius 2 is 1.92 bits per heavy atom. The number of esters is 2. The summed E-state index contributed by atoms with van der Waals surface area (Å²) in [6, 6.07) is 0. The van der Waals surface area contributed by atoms with E-state index >= 15 is 0 Å². The third kappa shape index (κ3) is 2.99. The molecule has 2 heterocycles. The number of halogens is 1. The summed E-state index contributed by atoms with van der Waals surface area (Å²) in [6.07, 6.45) is 2.32. The van der Waals surface area contributed by atoms with Gasteiger partial charge in [-0.25, -0.2) is 4.79 Å². The first kappa shape index (κ1) is 27.4. The molecule has 8 nitrogen and oxygen atoms in total. The molecule has 4 fully saturated rings. The zero-order valence-corrected chi connectivity index (χ0v) is 24.2. The van der Waals surface area contributed by atoms with Crippen LogP contribution in [0.1, 0.15) is 73.6 Å². The minimum atomic E-state index is -1.60. The number of cyclic esters (lactones) is 1. The minimum absolute atomic E-state index is 0.150. The van der Waals surface area contributed by atoms with E-state index in [1.54, 1.807) is 19.1 Å². The minimum Gasteiger partial charge on any atom is -0.458 e. The van der Waals surface area contributed by atoms with E-state index in [1.165, 1.54) is 6.92 Å². The van der Waals surface area contributed by atoms with Crippen LogP contribution in [0.3, 0.4) is 0 Å². The molecule has 12 unspecified atom stereocenters. The lowest BCUT2D eigenvalue weighted by molar-refractivity contribution is -0.270. The highest BCUT2D eigenvalue weighted by atomic mass is 35.5.